The summed E-state index contributed by atoms with van der Waals surface area (Å²) >= 11 is 12.1. The summed E-state index contributed by atoms with van der Waals surface area (Å²) in [6, 6.07) is 6.56. The summed E-state index contributed by atoms with van der Waals surface area (Å²) in [5, 5.41) is 11.4. The normalized spacial score (nSPS) is 19.5. The van der Waals surface area contributed by atoms with Crippen LogP contribution in [0.5, 0.6) is 0 Å². The van der Waals surface area contributed by atoms with Gasteiger partial charge in [-0.2, -0.15) is 5.10 Å². The van der Waals surface area contributed by atoms with Gasteiger partial charge < -0.3 is 10.6 Å². The van der Waals surface area contributed by atoms with E-state index in [-0.39, 0.29) is 36.0 Å². The van der Waals surface area contributed by atoms with Gasteiger partial charge in [0.2, 0.25) is 5.91 Å². The van der Waals surface area contributed by atoms with E-state index in [0.717, 1.165) is 5.56 Å². The van der Waals surface area contributed by atoms with E-state index in [2.05, 4.69) is 15.7 Å². The Morgan fingerprint density at radius 1 is 1.36 bits per heavy atom. The van der Waals surface area contributed by atoms with Crippen molar-refractivity contribution in [3.05, 3.63) is 45.6 Å². The molecule has 0 aliphatic carbocycles. The van der Waals surface area contributed by atoms with Crippen LogP contribution in [0.15, 0.2) is 24.3 Å². The van der Waals surface area contributed by atoms with Gasteiger partial charge in [-0.05, 0) is 38.0 Å². The number of nitrogens with zero attached hydrogens (tertiary/aromatic N) is 2. The van der Waals surface area contributed by atoms with Crippen LogP contribution in [0, 0.1) is 6.92 Å². The molecule has 10 heteroatoms. The summed E-state index contributed by atoms with van der Waals surface area (Å²) in [6.07, 6.45) is 0.497. The lowest BCUT2D eigenvalue weighted by Gasteiger charge is -2.17. The molecule has 2 aromatic rings. The van der Waals surface area contributed by atoms with Gasteiger partial charge in [0, 0.05) is 22.2 Å². The first-order valence-electron chi connectivity index (χ1n) is 8.89. The number of benzene rings is 1. The van der Waals surface area contributed by atoms with Gasteiger partial charge in [-0.25, -0.2) is 13.1 Å². The molecule has 0 spiro atoms. The van der Waals surface area contributed by atoms with Crippen molar-refractivity contribution in [3.8, 4) is 0 Å². The summed E-state index contributed by atoms with van der Waals surface area (Å²) in [7, 11) is -3.05. The minimum atomic E-state index is -3.05. The average Bonchev–Trinajstić information content (AvgIpc) is 3.14. The topological polar surface area (TPSA) is 93.1 Å². The second-order valence-corrected chi connectivity index (χ2v) is 10.1. The first-order chi connectivity index (χ1) is 13.1. The highest BCUT2D eigenvalue weighted by Gasteiger charge is 2.31. The van der Waals surface area contributed by atoms with Gasteiger partial charge >= 0.3 is 0 Å². The van der Waals surface area contributed by atoms with E-state index in [1.807, 2.05) is 13.0 Å². The Morgan fingerprint density at radius 3 is 2.75 bits per heavy atom. The molecule has 7 nitrogen and oxygen atoms in total. The first kappa shape index (κ1) is 21.1. The lowest BCUT2D eigenvalue weighted by molar-refractivity contribution is -0.115. The second-order valence-electron chi connectivity index (χ2n) is 6.99. The standard InChI is InChI=1S/C18H22Cl2N4O3S/c1-11-7-17(24(23-11)14-5-6-28(26,27)10-14)22-18(25)9-21-12(2)15-4-3-13(19)8-16(15)20/h3-4,7-8,12,14,21H,5-6,9-10H2,1-2H3,(H,22,25)/t12-,14+/m1/s1. The smallest absolute Gasteiger partial charge is 0.239 e. The number of halogens is 2. The van der Waals surface area contributed by atoms with Crippen molar-refractivity contribution in [2.45, 2.75) is 32.4 Å². The highest BCUT2D eigenvalue weighted by Crippen LogP contribution is 2.28. The number of anilines is 1. The molecule has 0 radical (unpaired) electrons. The van der Waals surface area contributed by atoms with Crippen LogP contribution >= 0.6 is 23.2 Å². The van der Waals surface area contributed by atoms with Crippen molar-refractivity contribution in [3.63, 3.8) is 0 Å². The van der Waals surface area contributed by atoms with Crippen molar-refractivity contribution in [1.82, 2.24) is 15.1 Å². The third-order valence-electron chi connectivity index (χ3n) is 4.68. The van der Waals surface area contributed by atoms with E-state index in [4.69, 9.17) is 23.2 Å². The Hall–Kier alpha value is -1.61. The molecule has 0 saturated carbocycles. The second kappa shape index (κ2) is 8.41. The fraction of sp³-hybridized carbons (Fsp3) is 0.444. The largest absolute Gasteiger partial charge is 0.310 e. The molecule has 1 aliphatic heterocycles. The zero-order valence-corrected chi connectivity index (χ0v) is 17.9. The van der Waals surface area contributed by atoms with Gasteiger partial charge in [0.05, 0.1) is 29.8 Å². The summed E-state index contributed by atoms with van der Waals surface area (Å²) in [5.74, 6) is 0.439. The van der Waals surface area contributed by atoms with Crippen molar-refractivity contribution in [2.75, 3.05) is 23.4 Å². The quantitative estimate of drug-likeness (QED) is 0.713. The SMILES string of the molecule is Cc1cc(NC(=O)CN[C@H](C)c2ccc(Cl)cc2Cl)n([C@H]2CCS(=O)(=O)C2)n1. The molecule has 1 fully saturated rings. The summed E-state index contributed by atoms with van der Waals surface area (Å²) in [6.45, 7) is 3.77. The summed E-state index contributed by atoms with van der Waals surface area (Å²) in [5.41, 5.74) is 1.56. The molecule has 0 unspecified atom stereocenters. The first-order valence-corrected chi connectivity index (χ1v) is 11.5. The number of amides is 1. The van der Waals surface area contributed by atoms with Crippen molar-refractivity contribution in [2.24, 2.45) is 0 Å². The molecule has 1 aromatic carbocycles. The Labute approximate surface area is 174 Å². The Bertz CT molecular complexity index is 991. The van der Waals surface area contributed by atoms with Gasteiger partial charge in [0.1, 0.15) is 5.82 Å². The maximum Gasteiger partial charge on any atom is 0.239 e. The van der Waals surface area contributed by atoms with E-state index in [1.54, 1.807) is 29.8 Å². The van der Waals surface area contributed by atoms with Crippen LogP contribution in [-0.2, 0) is 14.6 Å². The predicted molar refractivity (Wildman–Crippen MR) is 111 cm³/mol. The predicted octanol–water partition coefficient (Wildman–Crippen LogP) is 3.15. The third-order valence-corrected chi connectivity index (χ3v) is 6.99. The number of hydrogen-bond acceptors (Lipinski definition) is 5. The molecular weight excluding hydrogens is 423 g/mol. The molecule has 28 heavy (non-hydrogen) atoms. The van der Waals surface area contributed by atoms with E-state index < -0.39 is 9.84 Å². The van der Waals surface area contributed by atoms with Gasteiger partial charge in [-0.3, -0.25) is 4.79 Å². The van der Waals surface area contributed by atoms with Crippen molar-refractivity contribution in [1.29, 1.82) is 0 Å². The van der Waals surface area contributed by atoms with E-state index in [1.165, 1.54) is 0 Å². The van der Waals surface area contributed by atoms with Crippen LogP contribution in [-0.4, -0.2) is 42.2 Å². The molecule has 3 rings (SSSR count). The lowest BCUT2D eigenvalue weighted by atomic mass is 10.1. The molecule has 2 atom stereocenters. The Balaban J connectivity index is 1.62. The minimum absolute atomic E-state index is 0.0430. The number of rotatable bonds is 6. The highest BCUT2D eigenvalue weighted by molar-refractivity contribution is 7.91. The number of nitrogens with one attached hydrogen (secondary N) is 2. The molecule has 1 aromatic heterocycles. The summed E-state index contributed by atoms with van der Waals surface area (Å²) in [4.78, 5) is 12.4. The fourth-order valence-corrected chi connectivity index (χ4v) is 5.52. The van der Waals surface area contributed by atoms with Crippen LogP contribution in [0.3, 0.4) is 0 Å². The summed E-state index contributed by atoms with van der Waals surface area (Å²) < 4.78 is 25.1. The Morgan fingerprint density at radius 2 is 2.11 bits per heavy atom. The average molecular weight is 445 g/mol. The number of aromatic nitrogens is 2. The van der Waals surface area contributed by atoms with Crippen LogP contribution in [0.25, 0.3) is 0 Å². The number of carbonyl (C=O) groups excluding carboxylic acids is 1. The van der Waals surface area contributed by atoms with E-state index >= 15 is 0 Å². The number of aryl methyl sites for hydroxylation is 1. The lowest BCUT2D eigenvalue weighted by Crippen LogP contribution is -2.31. The van der Waals surface area contributed by atoms with Crippen LogP contribution in [0.1, 0.15) is 36.7 Å². The molecule has 1 aliphatic rings. The molecular formula is C18H22Cl2N4O3S. The van der Waals surface area contributed by atoms with Gasteiger partial charge in [-0.1, -0.05) is 29.3 Å². The van der Waals surface area contributed by atoms with Crippen LogP contribution < -0.4 is 10.6 Å². The number of carbonyl (C=O) groups is 1. The maximum absolute atomic E-state index is 12.4. The van der Waals surface area contributed by atoms with Crippen LogP contribution in [0.2, 0.25) is 10.0 Å². The fourth-order valence-electron chi connectivity index (χ4n) is 3.25. The Kier molecular flexibility index (Phi) is 6.34. The number of hydrogen-bond donors (Lipinski definition) is 2. The van der Waals surface area contributed by atoms with Crippen molar-refractivity contribution < 1.29 is 13.2 Å². The third kappa shape index (κ3) is 5.05. The van der Waals surface area contributed by atoms with Gasteiger partial charge in [0.15, 0.2) is 9.84 Å². The zero-order chi connectivity index (χ0) is 20.5. The van der Waals surface area contributed by atoms with E-state index in [0.29, 0.717) is 28.0 Å². The molecule has 2 N–H and O–H groups in total. The molecule has 1 amide bonds. The number of sulfone groups is 1. The van der Waals surface area contributed by atoms with Crippen molar-refractivity contribution >= 4 is 44.8 Å². The zero-order valence-electron chi connectivity index (χ0n) is 15.6. The molecule has 2 heterocycles. The molecule has 1 saturated heterocycles. The van der Waals surface area contributed by atoms with Crippen LogP contribution in [0.4, 0.5) is 5.82 Å². The monoisotopic (exact) mass is 444 g/mol. The maximum atomic E-state index is 12.4. The van der Waals surface area contributed by atoms with Gasteiger partial charge in [-0.15, -0.1) is 0 Å². The molecule has 152 valence electrons. The van der Waals surface area contributed by atoms with Gasteiger partial charge in [0.25, 0.3) is 0 Å². The molecule has 0 bridgehead atoms. The van der Waals surface area contributed by atoms with E-state index in [9.17, 15) is 13.2 Å². The highest BCUT2D eigenvalue weighted by atomic mass is 35.5. The minimum Gasteiger partial charge on any atom is -0.310 e.